The predicted octanol–water partition coefficient (Wildman–Crippen LogP) is 3.46. The molecule has 3 aromatic rings. The highest BCUT2D eigenvalue weighted by Crippen LogP contribution is 2.33. The van der Waals surface area contributed by atoms with Crippen LogP contribution in [0.25, 0.3) is 0 Å². The van der Waals surface area contributed by atoms with E-state index < -0.39 is 28.7 Å². The van der Waals surface area contributed by atoms with E-state index in [1.165, 1.54) is 48.5 Å². The molecule has 0 atom stereocenters. The van der Waals surface area contributed by atoms with Crippen LogP contribution in [0.2, 0.25) is 0 Å². The number of amides is 1. The molecule has 170 valence electrons. The molecule has 0 unspecified atom stereocenters. The van der Waals surface area contributed by atoms with Crippen LogP contribution < -0.4 is 14.8 Å². The molecular weight excluding hydrogens is 461 g/mol. The number of halogens is 3. The fourth-order valence-corrected chi connectivity index (χ4v) is 3.50. The summed E-state index contributed by atoms with van der Waals surface area (Å²) >= 11 is 0. The molecule has 1 aromatic heterocycles. The second kappa shape index (κ2) is 9.58. The van der Waals surface area contributed by atoms with Gasteiger partial charge in [0.05, 0.1) is 23.4 Å². The zero-order valence-corrected chi connectivity index (χ0v) is 17.5. The Hall–Kier alpha value is -4.11. The molecular formula is C21H15F3N4O4S. The minimum Gasteiger partial charge on any atom is -0.438 e. The molecule has 3 rings (SSSR count). The third kappa shape index (κ3) is 5.78. The van der Waals surface area contributed by atoms with E-state index in [0.717, 1.165) is 16.4 Å². The van der Waals surface area contributed by atoms with E-state index in [2.05, 4.69) is 4.98 Å². The number of ether oxygens (including phenoxy) is 1. The van der Waals surface area contributed by atoms with E-state index in [4.69, 9.17) is 10.5 Å². The maximum Gasteiger partial charge on any atom is 0.433 e. The van der Waals surface area contributed by atoms with E-state index in [9.17, 15) is 31.6 Å². The van der Waals surface area contributed by atoms with Gasteiger partial charge in [0.15, 0.2) is 0 Å². The number of aromatic nitrogens is 1. The molecule has 1 heterocycles. The molecule has 0 spiro atoms. The Morgan fingerprint density at radius 2 is 1.76 bits per heavy atom. The van der Waals surface area contributed by atoms with Crippen molar-refractivity contribution >= 4 is 28.2 Å². The van der Waals surface area contributed by atoms with Gasteiger partial charge in [0.25, 0.3) is 0 Å². The summed E-state index contributed by atoms with van der Waals surface area (Å²) in [7, 11) is -3.18. The minimum atomic E-state index is -4.67. The average molecular weight is 476 g/mol. The second-order valence-corrected chi connectivity index (χ2v) is 7.49. The van der Waals surface area contributed by atoms with Crippen molar-refractivity contribution in [1.29, 1.82) is 5.26 Å². The molecule has 0 aliphatic carbocycles. The highest BCUT2D eigenvalue weighted by Gasteiger charge is 2.32. The van der Waals surface area contributed by atoms with Crippen molar-refractivity contribution in [3.63, 3.8) is 0 Å². The van der Waals surface area contributed by atoms with Gasteiger partial charge in [-0.25, -0.2) is 17.7 Å². The van der Waals surface area contributed by atoms with Gasteiger partial charge in [-0.2, -0.15) is 18.4 Å². The standard InChI is InChI=1S/C21H15F3N4O4S/c22-21(23,24)18-2-1-3-20(27-18)32-17-9-8-16(11-14(17)12-25)28(33(30)31)15-6-4-13(5-7-15)10-19(26)29/h1-9,11,33H,10H2,(H2,26,29). The van der Waals surface area contributed by atoms with Crippen LogP contribution in [-0.4, -0.2) is 19.3 Å². The van der Waals surface area contributed by atoms with Gasteiger partial charge in [-0.1, -0.05) is 18.2 Å². The molecule has 0 fully saturated rings. The molecule has 0 aliphatic rings. The number of carbonyl (C=O) groups excluding carboxylic acids is 1. The van der Waals surface area contributed by atoms with Crippen molar-refractivity contribution < 1.29 is 31.1 Å². The summed E-state index contributed by atoms with van der Waals surface area (Å²) in [6, 6.07) is 14.7. The summed E-state index contributed by atoms with van der Waals surface area (Å²) in [6.45, 7) is 0. The number of benzene rings is 2. The van der Waals surface area contributed by atoms with Crippen molar-refractivity contribution in [2.75, 3.05) is 4.31 Å². The summed E-state index contributed by atoms with van der Waals surface area (Å²) < 4.78 is 68.7. The molecule has 0 bridgehead atoms. The predicted molar refractivity (Wildman–Crippen MR) is 112 cm³/mol. The lowest BCUT2D eigenvalue weighted by atomic mass is 10.1. The second-order valence-electron chi connectivity index (χ2n) is 6.61. The zero-order valence-electron chi connectivity index (χ0n) is 16.6. The molecule has 0 saturated carbocycles. The molecule has 2 N–H and O–H groups in total. The molecule has 0 saturated heterocycles. The van der Waals surface area contributed by atoms with E-state index in [0.29, 0.717) is 5.56 Å². The lowest BCUT2D eigenvalue weighted by Crippen LogP contribution is -2.16. The quantitative estimate of drug-likeness (QED) is 0.503. The van der Waals surface area contributed by atoms with Crippen LogP contribution in [0, 0.1) is 11.3 Å². The Balaban J connectivity index is 1.93. The van der Waals surface area contributed by atoms with Gasteiger partial charge in [0.2, 0.25) is 22.7 Å². The van der Waals surface area contributed by atoms with Crippen LogP contribution in [-0.2, 0) is 28.3 Å². The first kappa shape index (κ1) is 23.6. The smallest absolute Gasteiger partial charge is 0.433 e. The van der Waals surface area contributed by atoms with Crippen molar-refractivity contribution in [2.24, 2.45) is 5.73 Å². The van der Waals surface area contributed by atoms with Gasteiger partial charge in [-0.3, -0.25) is 4.79 Å². The Labute approximate surface area is 187 Å². The summed E-state index contributed by atoms with van der Waals surface area (Å²) in [5.41, 5.74) is 4.77. The molecule has 8 nitrogen and oxygen atoms in total. The van der Waals surface area contributed by atoms with Crippen molar-refractivity contribution in [3.05, 3.63) is 77.5 Å². The highest BCUT2D eigenvalue weighted by molar-refractivity contribution is 7.74. The number of thiol groups is 1. The Bertz CT molecular complexity index is 1290. The van der Waals surface area contributed by atoms with Crippen molar-refractivity contribution in [3.8, 4) is 17.7 Å². The van der Waals surface area contributed by atoms with Crippen molar-refractivity contribution in [1.82, 2.24) is 4.98 Å². The summed E-state index contributed by atoms with van der Waals surface area (Å²) in [6.07, 6.45) is -4.69. The monoisotopic (exact) mass is 476 g/mol. The maximum atomic E-state index is 12.9. The fourth-order valence-electron chi connectivity index (χ4n) is 2.86. The van der Waals surface area contributed by atoms with Crippen LogP contribution >= 0.6 is 0 Å². The lowest BCUT2D eigenvalue weighted by molar-refractivity contribution is -0.141. The first-order valence-electron chi connectivity index (χ1n) is 9.16. The topological polar surface area (TPSA) is 126 Å². The number of pyridine rings is 1. The number of alkyl halides is 3. The average Bonchev–Trinajstić information content (AvgIpc) is 2.75. The molecule has 2 aromatic carbocycles. The molecule has 1 amide bonds. The Morgan fingerprint density at radius 1 is 1.09 bits per heavy atom. The molecule has 12 heteroatoms. The van der Waals surface area contributed by atoms with Gasteiger partial charge in [0, 0.05) is 6.07 Å². The van der Waals surface area contributed by atoms with Crippen molar-refractivity contribution in [2.45, 2.75) is 12.6 Å². The largest absolute Gasteiger partial charge is 0.438 e. The van der Waals surface area contributed by atoms with Crippen LogP contribution in [0.15, 0.2) is 60.7 Å². The van der Waals surface area contributed by atoms with Crippen LogP contribution in [0.4, 0.5) is 24.5 Å². The highest BCUT2D eigenvalue weighted by atomic mass is 32.2. The normalized spacial score (nSPS) is 11.1. The van der Waals surface area contributed by atoms with Gasteiger partial charge in [-0.05, 0) is 42.0 Å². The minimum absolute atomic E-state index is 0.0159. The number of carbonyl (C=O) groups is 1. The summed E-state index contributed by atoms with van der Waals surface area (Å²) in [5, 5.41) is 9.47. The number of nitriles is 1. The molecule has 0 aliphatic heterocycles. The van der Waals surface area contributed by atoms with Crippen LogP contribution in [0.1, 0.15) is 16.8 Å². The van der Waals surface area contributed by atoms with Gasteiger partial charge >= 0.3 is 6.18 Å². The number of primary amides is 1. The van der Waals surface area contributed by atoms with Crippen LogP contribution in [0.5, 0.6) is 11.6 Å². The Kier molecular flexibility index (Phi) is 6.83. The van der Waals surface area contributed by atoms with E-state index >= 15 is 0 Å². The molecule has 33 heavy (non-hydrogen) atoms. The lowest BCUT2D eigenvalue weighted by Gasteiger charge is -2.19. The van der Waals surface area contributed by atoms with Gasteiger partial charge in [-0.15, -0.1) is 0 Å². The van der Waals surface area contributed by atoms with E-state index in [-0.39, 0.29) is 35.0 Å². The number of anilines is 2. The van der Waals surface area contributed by atoms with Gasteiger partial charge in [0.1, 0.15) is 17.5 Å². The summed E-state index contributed by atoms with van der Waals surface area (Å²) in [5.74, 6) is -1.03. The van der Waals surface area contributed by atoms with Gasteiger partial charge < -0.3 is 10.5 Å². The number of hydrogen-bond acceptors (Lipinski definition) is 6. The third-order valence-electron chi connectivity index (χ3n) is 4.28. The third-order valence-corrected chi connectivity index (χ3v) is 5.07. The first-order chi connectivity index (χ1) is 15.6. The molecule has 0 radical (unpaired) electrons. The Morgan fingerprint density at radius 3 is 2.33 bits per heavy atom. The maximum absolute atomic E-state index is 12.9. The number of nitrogens with zero attached hydrogens (tertiary/aromatic N) is 3. The van der Waals surface area contributed by atoms with E-state index in [1.54, 1.807) is 0 Å². The van der Waals surface area contributed by atoms with Crippen LogP contribution in [0.3, 0.4) is 0 Å². The number of nitrogens with two attached hydrogens (primary N) is 1. The SMILES string of the molecule is N#Cc1cc(N(c2ccc(CC(N)=O)cc2)[SH](=O)=O)ccc1Oc1cccc(C(F)(F)F)n1. The first-order valence-corrected chi connectivity index (χ1v) is 10.3. The summed E-state index contributed by atoms with van der Waals surface area (Å²) in [4.78, 5) is 14.4. The number of rotatable bonds is 7. The fraction of sp³-hybridized carbons (Fsp3) is 0.0952. The van der Waals surface area contributed by atoms with E-state index in [1.807, 2.05) is 6.07 Å². The number of hydrogen-bond donors (Lipinski definition) is 2. The zero-order chi connectivity index (χ0) is 24.2.